The summed E-state index contributed by atoms with van der Waals surface area (Å²) in [5.41, 5.74) is 1.95. The highest BCUT2D eigenvalue weighted by atomic mass is 16.3. The molecule has 6 nitrogen and oxygen atoms in total. The summed E-state index contributed by atoms with van der Waals surface area (Å²) in [6.45, 7) is 4.36. The van der Waals surface area contributed by atoms with Gasteiger partial charge in [0.05, 0.1) is 5.69 Å². The van der Waals surface area contributed by atoms with E-state index in [1.54, 1.807) is 10.7 Å². The van der Waals surface area contributed by atoms with Gasteiger partial charge in [0, 0.05) is 24.9 Å². The Morgan fingerprint density at radius 3 is 2.89 bits per heavy atom. The van der Waals surface area contributed by atoms with Gasteiger partial charge in [-0.15, -0.1) is 0 Å². The number of pyridine rings is 1. The minimum atomic E-state index is -0.207. The molecule has 0 aliphatic carbocycles. The zero-order valence-electron chi connectivity index (χ0n) is 10.9. The second-order valence-electron chi connectivity index (χ2n) is 4.32. The quantitative estimate of drug-likeness (QED) is 0.875. The smallest absolute Gasteiger partial charge is 0.227 e. The first-order valence-corrected chi connectivity index (χ1v) is 6.01. The maximum atomic E-state index is 11.8. The summed E-state index contributed by atoms with van der Waals surface area (Å²) in [5, 5.41) is 16.3. The predicted molar refractivity (Wildman–Crippen MR) is 70.8 cm³/mol. The molecule has 0 bridgehead atoms. The van der Waals surface area contributed by atoms with Gasteiger partial charge in [0.25, 0.3) is 0 Å². The van der Waals surface area contributed by atoms with Gasteiger partial charge in [0.1, 0.15) is 0 Å². The first-order valence-electron chi connectivity index (χ1n) is 6.01. The lowest BCUT2D eigenvalue weighted by Crippen LogP contribution is -2.16. The van der Waals surface area contributed by atoms with Crippen molar-refractivity contribution in [3.8, 4) is 5.75 Å². The number of carbonyl (C=O) groups is 1. The van der Waals surface area contributed by atoms with E-state index in [2.05, 4.69) is 15.4 Å². The SMILES string of the molecule is Cc1cc(C)n(CCC(=O)Nc2ncccc2O)n1. The van der Waals surface area contributed by atoms with Crippen LogP contribution in [0.2, 0.25) is 0 Å². The second kappa shape index (κ2) is 5.51. The molecule has 2 N–H and O–H groups in total. The highest BCUT2D eigenvalue weighted by Crippen LogP contribution is 2.18. The Labute approximate surface area is 111 Å². The molecule has 0 unspecified atom stereocenters. The third kappa shape index (κ3) is 3.31. The molecule has 0 fully saturated rings. The fourth-order valence-electron chi connectivity index (χ4n) is 1.80. The molecule has 2 aromatic heterocycles. The van der Waals surface area contributed by atoms with E-state index in [0.717, 1.165) is 11.4 Å². The van der Waals surface area contributed by atoms with Crippen LogP contribution in [-0.4, -0.2) is 25.8 Å². The third-order valence-electron chi connectivity index (χ3n) is 2.70. The number of hydrogen-bond donors (Lipinski definition) is 2. The van der Waals surface area contributed by atoms with Crippen LogP contribution in [0, 0.1) is 13.8 Å². The molecule has 0 saturated carbocycles. The van der Waals surface area contributed by atoms with E-state index in [0.29, 0.717) is 6.54 Å². The van der Waals surface area contributed by atoms with Gasteiger partial charge in [-0.05, 0) is 32.0 Å². The van der Waals surface area contributed by atoms with Crippen LogP contribution in [0.1, 0.15) is 17.8 Å². The van der Waals surface area contributed by atoms with Crippen LogP contribution in [0.5, 0.6) is 5.75 Å². The second-order valence-corrected chi connectivity index (χ2v) is 4.32. The van der Waals surface area contributed by atoms with Crippen LogP contribution >= 0.6 is 0 Å². The average Bonchev–Trinajstić information content (AvgIpc) is 2.68. The molecule has 0 aliphatic rings. The van der Waals surface area contributed by atoms with Crippen molar-refractivity contribution >= 4 is 11.7 Å². The van der Waals surface area contributed by atoms with Crippen molar-refractivity contribution in [2.24, 2.45) is 0 Å². The lowest BCUT2D eigenvalue weighted by molar-refractivity contribution is -0.116. The lowest BCUT2D eigenvalue weighted by atomic mass is 10.3. The molecular weight excluding hydrogens is 244 g/mol. The van der Waals surface area contributed by atoms with Crippen LogP contribution in [0.25, 0.3) is 0 Å². The van der Waals surface area contributed by atoms with Gasteiger partial charge < -0.3 is 10.4 Å². The fraction of sp³-hybridized carbons (Fsp3) is 0.308. The van der Waals surface area contributed by atoms with Crippen molar-refractivity contribution in [3.05, 3.63) is 35.8 Å². The molecule has 19 heavy (non-hydrogen) atoms. The van der Waals surface area contributed by atoms with Crippen LogP contribution in [0.15, 0.2) is 24.4 Å². The normalized spacial score (nSPS) is 10.4. The Morgan fingerprint density at radius 2 is 2.26 bits per heavy atom. The monoisotopic (exact) mass is 260 g/mol. The van der Waals surface area contributed by atoms with Crippen molar-refractivity contribution in [3.63, 3.8) is 0 Å². The number of hydrogen-bond acceptors (Lipinski definition) is 4. The average molecular weight is 260 g/mol. The first-order chi connectivity index (χ1) is 9.06. The zero-order valence-corrected chi connectivity index (χ0v) is 10.9. The first kappa shape index (κ1) is 13.1. The minimum absolute atomic E-state index is 0.0398. The molecule has 0 atom stereocenters. The van der Waals surface area contributed by atoms with Crippen molar-refractivity contribution in [2.75, 3.05) is 5.32 Å². The molecule has 0 radical (unpaired) electrons. The molecule has 0 saturated heterocycles. The van der Waals surface area contributed by atoms with Crippen LogP contribution in [0.4, 0.5) is 5.82 Å². The highest BCUT2D eigenvalue weighted by Gasteiger charge is 2.08. The molecule has 100 valence electrons. The van der Waals surface area contributed by atoms with E-state index in [1.807, 2.05) is 19.9 Å². The molecular formula is C13H16N4O2. The molecule has 0 aliphatic heterocycles. The summed E-state index contributed by atoms with van der Waals surface area (Å²) in [5.74, 6) is -0.0654. The van der Waals surface area contributed by atoms with E-state index in [1.165, 1.54) is 12.3 Å². The van der Waals surface area contributed by atoms with E-state index >= 15 is 0 Å². The van der Waals surface area contributed by atoms with E-state index < -0.39 is 0 Å². The summed E-state index contributed by atoms with van der Waals surface area (Å²) in [6.07, 6.45) is 1.79. The standard InChI is InChI=1S/C13H16N4O2/c1-9-8-10(2)17(16-9)7-5-12(19)15-13-11(18)4-3-6-14-13/h3-4,6,8,18H,5,7H2,1-2H3,(H,14,15,19). The molecule has 0 aromatic carbocycles. The number of nitrogens with one attached hydrogen (secondary N) is 1. The Kier molecular flexibility index (Phi) is 3.79. The van der Waals surface area contributed by atoms with Gasteiger partial charge in [0.15, 0.2) is 11.6 Å². The summed E-state index contributed by atoms with van der Waals surface area (Å²) in [7, 11) is 0. The Morgan fingerprint density at radius 1 is 1.47 bits per heavy atom. The topological polar surface area (TPSA) is 80.0 Å². The molecule has 0 spiro atoms. The Bertz CT molecular complexity index is 592. The number of aryl methyl sites for hydroxylation is 3. The summed E-state index contributed by atoms with van der Waals surface area (Å²) in [4.78, 5) is 15.6. The van der Waals surface area contributed by atoms with Crippen LogP contribution in [-0.2, 0) is 11.3 Å². The predicted octanol–water partition coefficient (Wildman–Crippen LogP) is 1.63. The number of anilines is 1. The number of aromatic hydroxyl groups is 1. The molecule has 1 amide bonds. The van der Waals surface area contributed by atoms with Gasteiger partial charge in [-0.25, -0.2) is 4.98 Å². The minimum Gasteiger partial charge on any atom is -0.504 e. The van der Waals surface area contributed by atoms with Crippen molar-refractivity contribution in [1.29, 1.82) is 0 Å². The fourth-order valence-corrected chi connectivity index (χ4v) is 1.80. The number of rotatable bonds is 4. The number of nitrogens with zero attached hydrogens (tertiary/aromatic N) is 3. The largest absolute Gasteiger partial charge is 0.504 e. The van der Waals surface area contributed by atoms with E-state index in [9.17, 15) is 9.90 Å². The Hall–Kier alpha value is -2.37. The third-order valence-corrected chi connectivity index (χ3v) is 2.70. The zero-order chi connectivity index (χ0) is 13.8. The van der Waals surface area contributed by atoms with Gasteiger partial charge in [0.2, 0.25) is 5.91 Å². The molecule has 6 heteroatoms. The van der Waals surface area contributed by atoms with Gasteiger partial charge in [-0.1, -0.05) is 0 Å². The van der Waals surface area contributed by atoms with Crippen molar-refractivity contribution in [2.45, 2.75) is 26.8 Å². The van der Waals surface area contributed by atoms with E-state index in [4.69, 9.17) is 0 Å². The van der Waals surface area contributed by atoms with Gasteiger partial charge in [-0.2, -0.15) is 5.10 Å². The number of aromatic nitrogens is 3. The number of amides is 1. The van der Waals surface area contributed by atoms with Crippen molar-refractivity contribution in [1.82, 2.24) is 14.8 Å². The number of carbonyl (C=O) groups excluding carboxylic acids is 1. The van der Waals surface area contributed by atoms with Crippen LogP contribution < -0.4 is 5.32 Å². The maximum absolute atomic E-state index is 11.8. The summed E-state index contributed by atoms with van der Waals surface area (Å²) < 4.78 is 1.78. The van der Waals surface area contributed by atoms with Gasteiger partial charge in [-0.3, -0.25) is 9.48 Å². The molecule has 2 heterocycles. The molecule has 2 rings (SSSR count). The van der Waals surface area contributed by atoms with Crippen LogP contribution in [0.3, 0.4) is 0 Å². The lowest BCUT2D eigenvalue weighted by Gasteiger charge is -2.07. The molecule has 2 aromatic rings. The van der Waals surface area contributed by atoms with E-state index in [-0.39, 0.29) is 23.9 Å². The highest BCUT2D eigenvalue weighted by molar-refractivity contribution is 5.90. The summed E-state index contributed by atoms with van der Waals surface area (Å²) in [6, 6.07) is 5.03. The Balaban J connectivity index is 1.92. The van der Waals surface area contributed by atoms with Gasteiger partial charge >= 0.3 is 0 Å². The van der Waals surface area contributed by atoms with Crippen molar-refractivity contribution < 1.29 is 9.90 Å². The maximum Gasteiger partial charge on any atom is 0.227 e. The summed E-state index contributed by atoms with van der Waals surface area (Å²) >= 11 is 0.